The molecular weight excluding hydrogens is 345 g/mol. The Hall–Kier alpha value is -0.0800. The van der Waals surface area contributed by atoms with Crippen LogP contribution in [0.15, 0.2) is 4.99 Å². The van der Waals surface area contributed by atoms with Crippen molar-refractivity contribution in [3.05, 3.63) is 0 Å². The predicted octanol–water partition coefficient (Wildman–Crippen LogP) is 1.37. The zero-order valence-electron chi connectivity index (χ0n) is 11.4. The average Bonchev–Trinajstić information content (AvgIpc) is 2.85. The van der Waals surface area contributed by atoms with Crippen molar-refractivity contribution in [1.82, 2.24) is 10.6 Å². The molecule has 6 heteroatoms. The predicted molar refractivity (Wildman–Crippen MR) is 84.9 cm³/mol. The van der Waals surface area contributed by atoms with Crippen LogP contribution in [0, 0.1) is 0 Å². The van der Waals surface area contributed by atoms with E-state index in [2.05, 4.69) is 22.5 Å². The maximum Gasteiger partial charge on any atom is 0.191 e. The summed E-state index contributed by atoms with van der Waals surface area (Å²) in [6.45, 7) is 6.13. The maximum atomic E-state index is 5.55. The topological polar surface area (TPSA) is 54.9 Å². The lowest BCUT2D eigenvalue weighted by atomic mass is 10.2. The summed E-state index contributed by atoms with van der Waals surface area (Å²) in [5.74, 6) is 0.840. The molecule has 0 aliphatic carbocycles. The lowest BCUT2D eigenvalue weighted by Gasteiger charge is -2.12. The fraction of sp³-hybridized carbons (Fsp3) is 0.917. The highest BCUT2D eigenvalue weighted by Crippen LogP contribution is 2.11. The Labute approximate surface area is 127 Å². The summed E-state index contributed by atoms with van der Waals surface area (Å²) in [4.78, 5) is 4.11. The summed E-state index contributed by atoms with van der Waals surface area (Å²) in [6.07, 6.45) is 3.70. The van der Waals surface area contributed by atoms with E-state index >= 15 is 0 Å². The first kappa shape index (κ1) is 17.9. The van der Waals surface area contributed by atoms with Crippen LogP contribution in [0.1, 0.15) is 26.2 Å². The van der Waals surface area contributed by atoms with Gasteiger partial charge in [0.1, 0.15) is 0 Å². The van der Waals surface area contributed by atoms with Gasteiger partial charge >= 0.3 is 0 Å². The molecule has 18 heavy (non-hydrogen) atoms. The number of hydrogen-bond acceptors (Lipinski definition) is 3. The third kappa shape index (κ3) is 8.10. The van der Waals surface area contributed by atoms with Crippen LogP contribution in [0.25, 0.3) is 0 Å². The van der Waals surface area contributed by atoms with Gasteiger partial charge in [-0.3, -0.25) is 4.99 Å². The van der Waals surface area contributed by atoms with Crippen molar-refractivity contribution in [2.45, 2.75) is 32.3 Å². The minimum absolute atomic E-state index is 0. The first-order valence-electron chi connectivity index (χ1n) is 6.50. The van der Waals surface area contributed by atoms with Gasteiger partial charge < -0.3 is 20.1 Å². The van der Waals surface area contributed by atoms with Crippen molar-refractivity contribution in [2.24, 2.45) is 4.99 Å². The highest BCUT2D eigenvalue weighted by molar-refractivity contribution is 14.0. The second-order valence-electron chi connectivity index (χ2n) is 4.14. The molecule has 0 aromatic heterocycles. The van der Waals surface area contributed by atoms with Gasteiger partial charge in [0.2, 0.25) is 0 Å². The molecular formula is C12H26IN3O2. The van der Waals surface area contributed by atoms with Crippen molar-refractivity contribution in [2.75, 3.05) is 40.0 Å². The average molecular weight is 371 g/mol. The van der Waals surface area contributed by atoms with Crippen LogP contribution in [0.3, 0.4) is 0 Å². The van der Waals surface area contributed by atoms with Gasteiger partial charge in [-0.25, -0.2) is 0 Å². The van der Waals surface area contributed by atoms with Gasteiger partial charge in [-0.05, 0) is 19.3 Å². The van der Waals surface area contributed by atoms with E-state index in [9.17, 15) is 0 Å². The lowest BCUT2D eigenvalue weighted by molar-refractivity contribution is 0.0191. The second-order valence-corrected chi connectivity index (χ2v) is 4.14. The first-order chi connectivity index (χ1) is 8.36. The Kier molecular flexibility index (Phi) is 11.9. The summed E-state index contributed by atoms with van der Waals surface area (Å²) < 4.78 is 11.0. The van der Waals surface area contributed by atoms with E-state index in [1.54, 1.807) is 7.05 Å². The van der Waals surface area contributed by atoms with Gasteiger partial charge in [-0.2, -0.15) is 0 Å². The molecule has 1 atom stereocenters. The number of ether oxygens (including phenoxy) is 2. The van der Waals surface area contributed by atoms with Gasteiger partial charge in [0.25, 0.3) is 0 Å². The number of nitrogens with one attached hydrogen (secondary N) is 2. The van der Waals surface area contributed by atoms with E-state index in [1.807, 2.05) is 0 Å². The second kappa shape index (κ2) is 12.0. The van der Waals surface area contributed by atoms with Crippen molar-refractivity contribution in [1.29, 1.82) is 0 Å². The monoisotopic (exact) mass is 371 g/mol. The summed E-state index contributed by atoms with van der Waals surface area (Å²) in [6, 6.07) is 0. The van der Waals surface area contributed by atoms with Crippen LogP contribution >= 0.6 is 24.0 Å². The number of nitrogens with zero attached hydrogens (tertiary/aromatic N) is 1. The third-order valence-electron chi connectivity index (χ3n) is 2.63. The van der Waals surface area contributed by atoms with E-state index in [-0.39, 0.29) is 24.0 Å². The molecule has 1 heterocycles. The molecule has 0 radical (unpaired) electrons. The molecule has 1 unspecified atom stereocenters. The van der Waals surface area contributed by atoms with Crippen LogP contribution in [0.4, 0.5) is 0 Å². The van der Waals surface area contributed by atoms with Gasteiger partial charge in [-0.15, -0.1) is 24.0 Å². The van der Waals surface area contributed by atoms with Gasteiger partial charge in [0.05, 0.1) is 19.3 Å². The van der Waals surface area contributed by atoms with Gasteiger partial charge in [0, 0.05) is 26.7 Å². The molecule has 2 N–H and O–H groups in total. The first-order valence-corrected chi connectivity index (χ1v) is 6.50. The van der Waals surface area contributed by atoms with Crippen LogP contribution in [-0.2, 0) is 9.47 Å². The van der Waals surface area contributed by atoms with E-state index in [0.29, 0.717) is 19.3 Å². The van der Waals surface area contributed by atoms with Gasteiger partial charge in [-0.1, -0.05) is 6.92 Å². The quantitative estimate of drug-likeness (QED) is 0.307. The van der Waals surface area contributed by atoms with E-state index in [1.165, 1.54) is 6.42 Å². The van der Waals surface area contributed by atoms with Gasteiger partial charge in [0.15, 0.2) is 5.96 Å². The molecule has 108 valence electrons. The number of aliphatic imine (C=N–C) groups is 1. The minimum atomic E-state index is 0. The molecule has 0 amide bonds. The molecule has 0 aromatic carbocycles. The smallest absolute Gasteiger partial charge is 0.191 e. The molecule has 1 fully saturated rings. The summed E-state index contributed by atoms with van der Waals surface area (Å²) in [5, 5.41) is 6.41. The standard InChI is InChI=1S/C12H25N3O2.HI/c1-3-6-14-12(13-2)15-7-9-16-10-11-5-4-8-17-11;/h11H,3-10H2,1-2H3,(H2,13,14,15);1H. The highest BCUT2D eigenvalue weighted by Gasteiger charge is 2.14. The fourth-order valence-corrected chi connectivity index (χ4v) is 1.70. The summed E-state index contributed by atoms with van der Waals surface area (Å²) in [7, 11) is 1.78. The minimum Gasteiger partial charge on any atom is -0.377 e. The molecule has 0 saturated carbocycles. The van der Waals surface area contributed by atoms with Crippen molar-refractivity contribution in [3.8, 4) is 0 Å². The molecule has 0 bridgehead atoms. The molecule has 0 aromatic rings. The number of guanidine groups is 1. The number of hydrogen-bond donors (Lipinski definition) is 2. The van der Waals surface area contributed by atoms with E-state index in [0.717, 1.165) is 38.5 Å². The fourth-order valence-electron chi connectivity index (χ4n) is 1.70. The van der Waals surface area contributed by atoms with Crippen molar-refractivity contribution < 1.29 is 9.47 Å². The summed E-state index contributed by atoms with van der Waals surface area (Å²) in [5.41, 5.74) is 0. The molecule has 1 rings (SSSR count). The van der Waals surface area contributed by atoms with Crippen LogP contribution in [0.5, 0.6) is 0 Å². The third-order valence-corrected chi connectivity index (χ3v) is 2.63. The Balaban J connectivity index is 0.00000289. The number of rotatable bonds is 7. The lowest BCUT2D eigenvalue weighted by Crippen LogP contribution is -2.39. The maximum absolute atomic E-state index is 5.55. The molecule has 0 spiro atoms. The van der Waals surface area contributed by atoms with Crippen LogP contribution < -0.4 is 10.6 Å². The van der Waals surface area contributed by atoms with E-state index < -0.39 is 0 Å². The summed E-state index contributed by atoms with van der Waals surface area (Å²) >= 11 is 0. The molecule has 1 saturated heterocycles. The molecule has 5 nitrogen and oxygen atoms in total. The Bertz CT molecular complexity index is 221. The zero-order valence-corrected chi connectivity index (χ0v) is 13.7. The Morgan fingerprint density at radius 2 is 2.17 bits per heavy atom. The largest absolute Gasteiger partial charge is 0.377 e. The van der Waals surface area contributed by atoms with Crippen molar-refractivity contribution >= 4 is 29.9 Å². The molecule has 1 aliphatic rings. The van der Waals surface area contributed by atoms with Crippen LogP contribution in [-0.4, -0.2) is 52.0 Å². The SMILES string of the molecule is CCCNC(=NC)NCCOCC1CCCO1.I. The Morgan fingerprint density at radius 3 is 2.78 bits per heavy atom. The normalized spacial score (nSPS) is 19.4. The van der Waals surface area contributed by atoms with Crippen LogP contribution in [0.2, 0.25) is 0 Å². The van der Waals surface area contributed by atoms with Crippen molar-refractivity contribution in [3.63, 3.8) is 0 Å². The highest BCUT2D eigenvalue weighted by atomic mass is 127. The molecule has 1 aliphatic heterocycles. The number of halogens is 1. The van der Waals surface area contributed by atoms with E-state index in [4.69, 9.17) is 9.47 Å². The Morgan fingerprint density at radius 1 is 1.39 bits per heavy atom. The zero-order chi connectivity index (χ0) is 12.3.